The van der Waals surface area contributed by atoms with Crippen molar-refractivity contribution in [1.29, 1.82) is 0 Å². The van der Waals surface area contributed by atoms with E-state index in [-0.39, 0.29) is 30.0 Å². The summed E-state index contributed by atoms with van der Waals surface area (Å²) in [7, 11) is 1.71. The van der Waals surface area contributed by atoms with Gasteiger partial charge in [0.25, 0.3) is 5.91 Å². The first-order valence-corrected chi connectivity index (χ1v) is 12.5. The smallest absolute Gasteiger partial charge is 0.410 e. The van der Waals surface area contributed by atoms with Gasteiger partial charge in [0.2, 0.25) is 0 Å². The van der Waals surface area contributed by atoms with Crippen LogP contribution in [-0.4, -0.2) is 77.4 Å². The molecule has 8 heteroatoms. The quantitative estimate of drug-likeness (QED) is 0.569. The third-order valence-corrected chi connectivity index (χ3v) is 6.53. The molecule has 194 valence electrons. The van der Waals surface area contributed by atoms with E-state index in [2.05, 4.69) is 17.7 Å². The first-order chi connectivity index (χ1) is 16.4. The molecule has 1 aromatic heterocycles. The predicted molar refractivity (Wildman–Crippen MR) is 139 cm³/mol. The number of benzene rings is 1. The SMILES string of the molecule is COCCCn1cc(C)c2ccc(C(=O)N(C[C@@H]3CN(C(=O)OC(C)(C)C)C[C@H]3N)C(C)C)cc21. The minimum absolute atomic E-state index is 0.00352. The topological polar surface area (TPSA) is 90.0 Å². The number of ether oxygens (including phenoxy) is 2. The first kappa shape index (κ1) is 27.0. The summed E-state index contributed by atoms with van der Waals surface area (Å²) in [5, 5.41) is 1.15. The fourth-order valence-electron chi connectivity index (χ4n) is 4.68. The van der Waals surface area contributed by atoms with E-state index in [1.807, 2.05) is 57.7 Å². The van der Waals surface area contributed by atoms with Gasteiger partial charge in [-0.3, -0.25) is 4.79 Å². The van der Waals surface area contributed by atoms with Crippen LogP contribution in [0.1, 0.15) is 57.0 Å². The van der Waals surface area contributed by atoms with Gasteiger partial charge in [-0.05, 0) is 65.7 Å². The van der Waals surface area contributed by atoms with Crippen molar-refractivity contribution in [2.24, 2.45) is 11.7 Å². The van der Waals surface area contributed by atoms with Gasteiger partial charge < -0.3 is 29.6 Å². The van der Waals surface area contributed by atoms with Crippen molar-refractivity contribution in [3.8, 4) is 0 Å². The van der Waals surface area contributed by atoms with Gasteiger partial charge in [-0.1, -0.05) is 6.07 Å². The maximum atomic E-state index is 13.7. The number of likely N-dealkylation sites (tertiary alicyclic amines) is 1. The average molecular weight is 487 g/mol. The van der Waals surface area contributed by atoms with Crippen molar-refractivity contribution < 1.29 is 19.1 Å². The summed E-state index contributed by atoms with van der Waals surface area (Å²) >= 11 is 0. The molecule has 0 spiro atoms. The molecule has 1 aromatic carbocycles. The molecule has 1 saturated heterocycles. The third kappa shape index (κ3) is 6.55. The lowest BCUT2D eigenvalue weighted by molar-refractivity contribution is 0.0284. The highest BCUT2D eigenvalue weighted by atomic mass is 16.6. The van der Waals surface area contributed by atoms with E-state index in [0.29, 0.717) is 31.8 Å². The molecule has 0 aliphatic carbocycles. The fraction of sp³-hybridized carbons (Fsp3) is 0.630. The van der Waals surface area contributed by atoms with Gasteiger partial charge in [-0.25, -0.2) is 4.79 Å². The van der Waals surface area contributed by atoms with Crippen molar-refractivity contribution in [1.82, 2.24) is 14.4 Å². The summed E-state index contributed by atoms with van der Waals surface area (Å²) < 4.78 is 12.9. The Kier molecular flexibility index (Phi) is 8.49. The van der Waals surface area contributed by atoms with Crippen molar-refractivity contribution in [2.75, 3.05) is 33.4 Å². The minimum Gasteiger partial charge on any atom is -0.444 e. The maximum Gasteiger partial charge on any atom is 0.410 e. The number of fused-ring (bicyclic) bond motifs is 1. The highest BCUT2D eigenvalue weighted by Crippen LogP contribution is 2.25. The number of aromatic nitrogens is 1. The Bertz CT molecular complexity index is 1040. The number of hydrogen-bond acceptors (Lipinski definition) is 5. The van der Waals surface area contributed by atoms with E-state index in [1.54, 1.807) is 12.0 Å². The van der Waals surface area contributed by atoms with Gasteiger partial charge in [-0.2, -0.15) is 0 Å². The van der Waals surface area contributed by atoms with Crippen molar-refractivity contribution in [2.45, 2.75) is 72.2 Å². The van der Waals surface area contributed by atoms with Crippen molar-refractivity contribution >= 4 is 22.9 Å². The summed E-state index contributed by atoms with van der Waals surface area (Å²) in [5.74, 6) is -0.0372. The molecule has 1 fully saturated rings. The monoisotopic (exact) mass is 486 g/mol. The molecule has 2 heterocycles. The highest BCUT2D eigenvalue weighted by molar-refractivity contribution is 5.98. The Morgan fingerprint density at radius 2 is 1.94 bits per heavy atom. The van der Waals surface area contributed by atoms with E-state index in [9.17, 15) is 9.59 Å². The maximum absolute atomic E-state index is 13.7. The van der Waals surface area contributed by atoms with E-state index >= 15 is 0 Å². The number of methoxy groups -OCH3 is 1. The summed E-state index contributed by atoms with van der Waals surface area (Å²) in [6.07, 6.45) is 2.69. The van der Waals surface area contributed by atoms with Crippen LogP contribution < -0.4 is 5.73 Å². The lowest BCUT2D eigenvalue weighted by Gasteiger charge is -2.31. The predicted octanol–water partition coefficient (Wildman–Crippen LogP) is 4.03. The lowest BCUT2D eigenvalue weighted by atomic mass is 10.0. The van der Waals surface area contributed by atoms with Gasteiger partial charge in [0.1, 0.15) is 5.60 Å². The fourth-order valence-corrected chi connectivity index (χ4v) is 4.68. The molecule has 0 radical (unpaired) electrons. The van der Waals surface area contributed by atoms with Crippen LogP contribution in [0.2, 0.25) is 0 Å². The van der Waals surface area contributed by atoms with Crippen LogP contribution in [0.15, 0.2) is 24.4 Å². The van der Waals surface area contributed by atoms with Gasteiger partial charge in [0.05, 0.1) is 0 Å². The molecule has 2 aromatic rings. The molecule has 2 atom stereocenters. The van der Waals surface area contributed by atoms with Crippen LogP contribution >= 0.6 is 0 Å². The number of rotatable bonds is 8. The van der Waals surface area contributed by atoms with E-state index < -0.39 is 5.60 Å². The van der Waals surface area contributed by atoms with Crippen LogP contribution in [0.5, 0.6) is 0 Å². The van der Waals surface area contributed by atoms with Gasteiger partial charge >= 0.3 is 6.09 Å². The zero-order valence-electron chi connectivity index (χ0n) is 22.3. The Morgan fingerprint density at radius 1 is 1.23 bits per heavy atom. The molecule has 1 aliphatic rings. The molecular weight excluding hydrogens is 444 g/mol. The normalized spacial score (nSPS) is 18.5. The summed E-state index contributed by atoms with van der Waals surface area (Å²) in [6, 6.07) is 5.73. The molecular formula is C27H42N4O4. The number of amides is 2. The van der Waals surface area contributed by atoms with Crippen LogP contribution in [-0.2, 0) is 16.0 Å². The molecule has 0 unspecified atom stereocenters. The second-order valence-electron chi connectivity index (χ2n) is 10.9. The van der Waals surface area contributed by atoms with Crippen LogP contribution in [0.4, 0.5) is 4.79 Å². The summed E-state index contributed by atoms with van der Waals surface area (Å²) in [5.41, 5.74) is 8.76. The largest absolute Gasteiger partial charge is 0.444 e. The van der Waals surface area contributed by atoms with E-state index in [0.717, 1.165) is 23.9 Å². The molecule has 2 N–H and O–H groups in total. The lowest BCUT2D eigenvalue weighted by Crippen LogP contribution is -2.44. The number of carbonyl (C=O) groups excluding carboxylic acids is 2. The Labute approximate surface area is 209 Å². The second-order valence-corrected chi connectivity index (χ2v) is 10.9. The summed E-state index contributed by atoms with van der Waals surface area (Å²) in [4.78, 5) is 29.7. The molecule has 35 heavy (non-hydrogen) atoms. The molecule has 3 rings (SSSR count). The number of carbonyl (C=O) groups is 2. The Balaban J connectivity index is 1.77. The highest BCUT2D eigenvalue weighted by Gasteiger charge is 2.37. The second kappa shape index (κ2) is 11.0. The molecule has 0 bridgehead atoms. The van der Waals surface area contributed by atoms with Gasteiger partial charge in [-0.15, -0.1) is 0 Å². The minimum atomic E-state index is -0.558. The Morgan fingerprint density at radius 3 is 2.57 bits per heavy atom. The molecule has 0 saturated carbocycles. The molecule has 2 amide bonds. The number of nitrogens with zero attached hydrogens (tertiary/aromatic N) is 3. The van der Waals surface area contributed by atoms with Crippen LogP contribution in [0, 0.1) is 12.8 Å². The van der Waals surface area contributed by atoms with Gasteiger partial charge in [0.15, 0.2) is 0 Å². The van der Waals surface area contributed by atoms with E-state index in [1.165, 1.54) is 5.56 Å². The average Bonchev–Trinajstić information content (AvgIpc) is 3.29. The number of aryl methyl sites for hydroxylation is 2. The number of hydrogen-bond donors (Lipinski definition) is 1. The van der Waals surface area contributed by atoms with Crippen LogP contribution in [0.3, 0.4) is 0 Å². The van der Waals surface area contributed by atoms with E-state index in [4.69, 9.17) is 15.2 Å². The van der Waals surface area contributed by atoms with Crippen LogP contribution in [0.25, 0.3) is 10.9 Å². The van der Waals surface area contributed by atoms with Crippen molar-refractivity contribution in [3.05, 3.63) is 35.5 Å². The standard InChI is InChI=1S/C27H42N4O4/c1-18(2)31(16-21-15-30(17-23(21)28)26(33)35-27(4,5)6)25(32)20-9-10-22-19(3)14-29(24(22)13-20)11-8-12-34-7/h9-10,13-14,18,21,23H,8,11-12,15-17,28H2,1-7H3/t21-,23+/m0/s1. The van der Waals surface area contributed by atoms with Crippen molar-refractivity contribution in [3.63, 3.8) is 0 Å². The molecule has 1 aliphatic heterocycles. The summed E-state index contributed by atoms with van der Waals surface area (Å²) in [6.45, 7) is 14.6. The van der Waals surface area contributed by atoms with Gasteiger partial charge in [0, 0.05) is 80.6 Å². The zero-order chi connectivity index (χ0) is 25.9. The third-order valence-electron chi connectivity index (χ3n) is 6.53. The molecule has 8 nitrogen and oxygen atoms in total. The number of nitrogens with two attached hydrogens (primary N) is 1. The zero-order valence-corrected chi connectivity index (χ0v) is 22.3. The Hall–Kier alpha value is -2.58. The first-order valence-electron chi connectivity index (χ1n) is 12.5.